The Morgan fingerprint density at radius 2 is 1.76 bits per heavy atom. The predicted molar refractivity (Wildman–Crippen MR) is 107 cm³/mol. The summed E-state index contributed by atoms with van der Waals surface area (Å²) in [6.45, 7) is 2.53. The van der Waals surface area contributed by atoms with Crippen LogP contribution in [0.5, 0.6) is 17.2 Å². The summed E-state index contributed by atoms with van der Waals surface area (Å²) in [5.41, 5.74) is 0.242. The van der Waals surface area contributed by atoms with E-state index < -0.39 is 18.5 Å². The summed E-state index contributed by atoms with van der Waals surface area (Å²) in [7, 11) is 0. The monoisotopic (exact) mass is 397 g/mol. The van der Waals surface area contributed by atoms with Gasteiger partial charge in [0.05, 0.1) is 18.7 Å². The van der Waals surface area contributed by atoms with Crippen molar-refractivity contribution in [2.24, 2.45) is 0 Å². The normalized spacial score (nSPS) is 9.79. The number of hydrogen-bond donors (Lipinski definition) is 1. The van der Waals surface area contributed by atoms with E-state index in [4.69, 9.17) is 25.4 Å². The Labute approximate surface area is 169 Å². The fraction of sp³-hybridized carbons (Fsp3) is 0.273. The van der Waals surface area contributed by atoms with Gasteiger partial charge in [-0.2, -0.15) is 0 Å². The summed E-state index contributed by atoms with van der Waals surface area (Å²) < 4.78 is 21.8. The van der Waals surface area contributed by atoms with Crippen molar-refractivity contribution in [2.75, 3.05) is 33.0 Å². The number of amides is 1. The third-order valence-electron chi connectivity index (χ3n) is 3.55. The van der Waals surface area contributed by atoms with Crippen LogP contribution in [0.1, 0.15) is 17.3 Å². The number of carbonyl (C=O) groups excluding carboxylic acids is 2. The molecule has 0 fully saturated rings. The number of carbonyl (C=O) groups is 2. The van der Waals surface area contributed by atoms with Crippen LogP contribution in [0.4, 0.5) is 0 Å². The van der Waals surface area contributed by atoms with E-state index in [1.807, 2.05) is 37.3 Å². The van der Waals surface area contributed by atoms with Crippen molar-refractivity contribution < 1.29 is 28.5 Å². The lowest BCUT2D eigenvalue weighted by molar-refractivity contribution is -0.123. The van der Waals surface area contributed by atoms with Gasteiger partial charge in [0.15, 0.2) is 18.1 Å². The minimum Gasteiger partial charge on any atom is -0.490 e. The Balaban J connectivity index is 1.90. The van der Waals surface area contributed by atoms with E-state index in [0.29, 0.717) is 31.3 Å². The van der Waals surface area contributed by atoms with E-state index in [-0.39, 0.29) is 12.1 Å². The van der Waals surface area contributed by atoms with Crippen LogP contribution in [0.25, 0.3) is 0 Å². The summed E-state index contributed by atoms with van der Waals surface area (Å²) in [6.07, 6.45) is 5.05. The van der Waals surface area contributed by atoms with Gasteiger partial charge < -0.3 is 24.3 Å². The number of esters is 1. The van der Waals surface area contributed by atoms with Crippen LogP contribution in [0.2, 0.25) is 0 Å². The zero-order valence-electron chi connectivity index (χ0n) is 16.2. The van der Waals surface area contributed by atoms with Gasteiger partial charge in [0.1, 0.15) is 19.0 Å². The average molecular weight is 397 g/mol. The number of hydrogen-bond acceptors (Lipinski definition) is 6. The van der Waals surface area contributed by atoms with Gasteiger partial charge in [-0.3, -0.25) is 4.79 Å². The van der Waals surface area contributed by atoms with Crippen LogP contribution in [-0.2, 0) is 9.53 Å². The third kappa shape index (κ3) is 7.46. The molecule has 2 aromatic rings. The molecule has 2 aromatic carbocycles. The summed E-state index contributed by atoms with van der Waals surface area (Å²) >= 11 is 0. The molecule has 0 radical (unpaired) electrons. The second kappa shape index (κ2) is 11.9. The second-order valence-corrected chi connectivity index (χ2v) is 5.66. The minimum absolute atomic E-state index is 0.0743. The molecule has 7 heteroatoms. The fourth-order valence-electron chi connectivity index (χ4n) is 2.27. The Morgan fingerprint density at radius 3 is 2.48 bits per heavy atom. The number of benzene rings is 2. The van der Waals surface area contributed by atoms with Gasteiger partial charge in [-0.25, -0.2) is 4.79 Å². The quantitative estimate of drug-likeness (QED) is 0.356. The van der Waals surface area contributed by atoms with Crippen molar-refractivity contribution in [3.8, 4) is 29.6 Å². The van der Waals surface area contributed by atoms with E-state index in [2.05, 4.69) is 11.2 Å². The molecule has 1 amide bonds. The standard InChI is InChI=1S/C22H23NO6/c1-3-12-23-21(24)16-29-22(25)17-10-11-19(20(15-17)26-4-2)28-14-13-27-18-8-6-5-7-9-18/h1,5-11,15H,4,12-14,16H2,2H3,(H,23,24). The van der Waals surface area contributed by atoms with E-state index in [0.717, 1.165) is 5.75 Å². The molecule has 0 bridgehead atoms. The summed E-state index contributed by atoms with van der Waals surface area (Å²) in [5.74, 6) is 2.77. The lowest BCUT2D eigenvalue weighted by atomic mass is 10.2. The van der Waals surface area contributed by atoms with Crippen LogP contribution in [0.15, 0.2) is 48.5 Å². The molecule has 7 nitrogen and oxygen atoms in total. The van der Waals surface area contributed by atoms with Gasteiger partial charge in [-0.15, -0.1) is 6.42 Å². The molecule has 0 saturated heterocycles. The number of nitrogens with one attached hydrogen (secondary N) is 1. The topological polar surface area (TPSA) is 83.1 Å². The van der Waals surface area contributed by atoms with Gasteiger partial charge in [0.2, 0.25) is 0 Å². The molecule has 0 atom stereocenters. The molecular weight excluding hydrogens is 374 g/mol. The predicted octanol–water partition coefficient (Wildman–Crippen LogP) is 2.45. The maximum atomic E-state index is 12.1. The smallest absolute Gasteiger partial charge is 0.338 e. The van der Waals surface area contributed by atoms with Crippen LogP contribution in [-0.4, -0.2) is 44.8 Å². The highest BCUT2D eigenvalue weighted by Crippen LogP contribution is 2.29. The zero-order chi connectivity index (χ0) is 20.9. The molecule has 0 aromatic heterocycles. The fourth-order valence-corrected chi connectivity index (χ4v) is 2.27. The maximum Gasteiger partial charge on any atom is 0.338 e. The molecule has 0 unspecified atom stereocenters. The van der Waals surface area contributed by atoms with Gasteiger partial charge in [-0.05, 0) is 37.3 Å². The minimum atomic E-state index is -0.652. The molecule has 1 N–H and O–H groups in total. The van der Waals surface area contributed by atoms with Gasteiger partial charge in [0, 0.05) is 0 Å². The number of para-hydroxylation sites is 1. The lowest BCUT2D eigenvalue weighted by Gasteiger charge is -2.13. The zero-order valence-corrected chi connectivity index (χ0v) is 16.2. The summed E-state index contributed by atoms with van der Waals surface area (Å²) in [4.78, 5) is 23.6. The highest BCUT2D eigenvalue weighted by Gasteiger charge is 2.14. The SMILES string of the molecule is C#CCNC(=O)COC(=O)c1ccc(OCCOc2ccccc2)c(OCC)c1. The third-order valence-corrected chi connectivity index (χ3v) is 3.55. The number of ether oxygens (including phenoxy) is 4. The Kier molecular flexibility index (Phi) is 8.90. The van der Waals surface area contributed by atoms with Crippen LogP contribution in [0.3, 0.4) is 0 Å². The molecule has 0 aliphatic rings. The van der Waals surface area contributed by atoms with Crippen molar-refractivity contribution in [1.29, 1.82) is 0 Å². The van der Waals surface area contributed by atoms with E-state index >= 15 is 0 Å². The van der Waals surface area contributed by atoms with Crippen LogP contribution in [0, 0.1) is 12.3 Å². The number of terminal acetylenes is 1. The Morgan fingerprint density at radius 1 is 1.00 bits per heavy atom. The second-order valence-electron chi connectivity index (χ2n) is 5.66. The molecule has 2 rings (SSSR count). The molecule has 29 heavy (non-hydrogen) atoms. The van der Waals surface area contributed by atoms with E-state index in [1.54, 1.807) is 6.07 Å². The molecule has 0 heterocycles. The molecule has 0 saturated carbocycles. The van der Waals surface area contributed by atoms with Gasteiger partial charge >= 0.3 is 5.97 Å². The molecule has 152 valence electrons. The van der Waals surface area contributed by atoms with E-state index in [1.165, 1.54) is 12.1 Å². The van der Waals surface area contributed by atoms with Gasteiger partial charge in [0.25, 0.3) is 5.91 Å². The first-order valence-corrected chi connectivity index (χ1v) is 9.08. The summed E-state index contributed by atoms with van der Waals surface area (Å²) in [5, 5.41) is 2.41. The highest BCUT2D eigenvalue weighted by atomic mass is 16.5. The molecule has 0 spiro atoms. The van der Waals surface area contributed by atoms with E-state index in [9.17, 15) is 9.59 Å². The Bertz CT molecular complexity index is 844. The maximum absolute atomic E-state index is 12.1. The van der Waals surface area contributed by atoms with Crippen LogP contribution >= 0.6 is 0 Å². The first-order chi connectivity index (χ1) is 14.1. The number of rotatable bonds is 11. The highest BCUT2D eigenvalue weighted by molar-refractivity contribution is 5.92. The summed E-state index contributed by atoms with van der Waals surface area (Å²) in [6, 6.07) is 14.1. The van der Waals surface area contributed by atoms with Gasteiger partial charge in [-0.1, -0.05) is 24.1 Å². The Hall–Kier alpha value is -3.66. The van der Waals surface area contributed by atoms with Crippen molar-refractivity contribution in [1.82, 2.24) is 5.32 Å². The molecule has 0 aliphatic carbocycles. The first-order valence-electron chi connectivity index (χ1n) is 9.08. The first kappa shape index (κ1) is 21.6. The van der Waals surface area contributed by atoms with Crippen LogP contribution < -0.4 is 19.5 Å². The van der Waals surface area contributed by atoms with Crippen molar-refractivity contribution in [2.45, 2.75) is 6.92 Å². The molecule has 0 aliphatic heterocycles. The lowest BCUT2D eigenvalue weighted by Crippen LogP contribution is -2.29. The molecular formula is C22H23NO6. The average Bonchev–Trinajstić information content (AvgIpc) is 2.75. The van der Waals surface area contributed by atoms with Crippen molar-refractivity contribution >= 4 is 11.9 Å². The van der Waals surface area contributed by atoms with Crippen molar-refractivity contribution in [3.05, 3.63) is 54.1 Å². The van der Waals surface area contributed by atoms with Crippen molar-refractivity contribution in [3.63, 3.8) is 0 Å². The largest absolute Gasteiger partial charge is 0.490 e.